The van der Waals surface area contributed by atoms with Crippen LogP contribution in [0.2, 0.25) is 0 Å². The average molecular weight is 425 g/mol. The third-order valence-corrected chi connectivity index (χ3v) is 6.48. The number of likely N-dealkylation sites (tertiary alicyclic amines) is 1. The molecule has 4 saturated heterocycles. The summed E-state index contributed by atoms with van der Waals surface area (Å²) in [6, 6.07) is 0. The van der Waals surface area contributed by atoms with Gasteiger partial charge >= 0.3 is 11.9 Å². The molecule has 2 N–H and O–H groups in total. The number of esters is 2. The summed E-state index contributed by atoms with van der Waals surface area (Å²) in [7, 11) is 0. The molecule has 8 nitrogen and oxygen atoms in total. The van der Waals surface area contributed by atoms with E-state index in [2.05, 4.69) is 62.0 Å². The van der Waals surface area contributed by atoms with Crippen LogP contribution >= 0.6 is 0 Å². The van der Waals surface area contributed by atoms with Crippen molar-refractivity contribution in [3.8, 4) is 0 Å². The third kappa shape index (κ3) is 5.15. The Morgan fingerprint density at radius 1 is 0.933 bits per heavy atom. The minimum absolute atomic E-state index is 0.0226. The van der Waals surface area contributed by atoms with Crippen molar-refractivity contribution in [1.29, 1.82) is 0 Å². The Morgan fingerprint density at radius 2 is 1.67 bits per heavy atom. The number of piperidine rings is 2. The molecule has 0 saturated carbocycles. The van der Waals surface area contributed by atoms with Crippen LogP contribution in [0, 0.1) is 0 Å². The number of rotatable bonds is 0. The molecule has 0 radical (unpaired) electrons. The molecule has 0 aliphatic carbocycles. The molecular formula is C22H40N4O4. The summed E-state index contributed by atoms with van der Waals surface area (Å²) >= 11 is 0. The monoisotopic (exact) mass is 424 g/mol. The van der Waals surface area contributed by atoms with Gasteiger partial charge in [0, 0.05) is 30.5 Å². The molecule has 2 atom stereocenters. The SMILES string of the molecule is CC(C)(C)N1CC(=O)OC12CCCNC2.CC(C)(C)N1CCCC2(C1)NCC(=O)O2. The van der Waals surface area contributed by atoms with Gasteiger partial charge in [0.05, 0.1) is 13.1 Å². The van der Waals surface area contributed by atoms with Crippen LogP contribution < -0.4 is 10.6 Å². The topological polar surface area (TPSA) is 83.1 Å². The second kappa shape index (κ2) is 8.37. The van der Waals surface area contributed by atoms with Crippen LogP contribution in [0.1, 0.15) is 67.2 Å². The van der Waals surface area contributed by atoms with Crippen LogP contribution in [0.4, 0.5) is 0 Å². The Kier molecular flexibility index (Phi) is 6.54. The van der Waals surface area contributed by atoms with Crippen molar-refractivity contribution in [1.82, 2.24) is 20.4 Å². The van der Waals surface area contributed by atoms with E-state index in [0.717, 1.165) is 51.9 Å². The van der Waals surface area contributed by atoms with Crippen molar-refractivity contribution in [3.63, 3.8) is 0 Å². The molecule has 0 aromatic rings. The number of nitrogens with one attached hydrogen (secondary N) is 2. The first kappa shape index (κ1) is 23.4. The standard InChI is InChI=1S/2C11H20N2O2/c1-10(2,3)13-6-4-5-11(8-13)12-7-9(14)15-11;1-10(2,3)13-7-9(14)15-11(13)5-4-6-12-8-11/h2*12H,4-8H2,1-3H3. The summed E-state index contributed by atoms with van der Waals surface area (Å²) in [6.45, 7) is 17.4. The number of hydrogen-bond donors (Lipinski definition) is 2. The zero-order chi connectivity index (χ0) is 22.2. The van der Waals surface area contributed by atoms with Gasteiger partial charge in [-0.1, -0.05) is 0 Å². The zero-order valence-electron chi connectivity index (χ0n) is 19.6. The highest BCUT2D eigenvalue weighted by Crippen LogP contribution is 2.36. The van der Waals surface area contributed by atoms with E-state index in [1.807, 2.05) is 0 Å². The van der Waals surface area contributed by atoms with Gasteiger partial charge < -0.3 is 14.8 Å². The Hall–Kier alpha value is -1.22. The second-order valence-corrected chi connectivity index (χ2v) is 11.0. The molecule has 2 spiro atoms. The molecule has 4 heterocycles. The number of ether oxygens (including phenoxy) is 2. The van der Waals surface area contributed by atoms with E-state index in [-0.39, 0.29) is 28.7 Å². The smallest absolute Gasteiger partial charge is 0.322 e. The maximum atomic E-state index is 11.5. The molecule has 30 heavy (non-hydrogen) atoms. The maximum Gasteiger partial charge on any atom is 0.322 e. The number of carbonyl (C=O) groups is 2. The largest absolute Gasteiger partial charge is 0.442 e. The van der Waals surface area contributed by atoms with Gasteiger partial charge in [0.15, 0.2) is 11.4 Å². The predicted molar refractivity (Wildman–Crippen MR) is 115 cm³/mol. The molecule has 2 unspecified atom stereocenters. The van der Waals surface area contributed by atoms with Gasteiger partial charge in [-0.05, 0) is 67.5 Å². The van der Waals surface area contributed by atoms with E-state index in [0.29, 0.717) is 13.1 Å². The van der Waals surface area contributed by atoms with Crippen LogP contribution in [0.25, 0.3) is 0 Å². The fourth-order valence-electron chi connectivity index (χ4n) is 4.95. The molecule has 0 aromatic carbocycles. The molecule has 4 aliphatic heterocycles. The Morgan fingerprint density at radius 3 is 2.20 bits per heavy atom. The second-order valence-electron chi connectivity index (χ2n) is 11.0. The van der Waals surface area contributed by atoms with E-state index in [4.69, 9.17) is 9.47 Å². The van der Waals surface area contributed by atoms with E-state index in [1.165, 1.54) is 0 Å². The van der Waals surface area contributed by atoms with Crippen LogP contribution in [0.15, 0.2) is 0 Å². The number of hydrogen-bond acceptors (Lipinski definition) is 8. The van der Waals surface area contributed by atoms with Gasteiger partial charge in [-0.3, -0.25) is 19.8 Å². The van der Waals surface area contributed by atoms with Crippen LogP contribution in [-0.2, 0) is 19.1 Å². The molecule has 172 valence electrons. The van der Waals surface area contributed by atoms with Gasteiger partial charge in [-0.25, -0.2) is 4.90 Å². The zero-order valence-corrected chi connectivity index (χ0v) is 19.6. The minimum Gasteiger partial charge on any atom is -0.442 e. The number of carbonyl (C=O) groups excluding carboxylic acids is 2. The average Bonchev–Trinajstić information content (AvgIpc) is 3.15. The fourth-order valence-corrected chi connectivity index (χ4v) is 4.95. The van der Waals surface area contributed by atoms with Crippen LogP contribution in [0.3, 0.4) is 0 Å². The van der Waals surface area contributed by atoms with Crippen molar-refractivity contribution in [2.75, 3.05) is 39.3 Å². The fraction of sp³-hybridized carbons (Fsp3) is 0.909. The lowest BCUT2D eigenvalue weighted by Gasteiger charge is -2.45. The number of nitrogens with zero attached hydrogens (tertiary/aromatic N) is 2. The van der Waals surface area contributed by atoms with E-state index < -0.39 is 5.72 Å². The van der Waals surface area contributed by atoms with Gasteiger partial charge in [0.2, 0.25) is 0 Å². The lowest BCUT2D eigenvalue weighted by Crippen LogP contribution is -2.60. The van der Waals surface area contributed by atoms with E-state index in [1.54, 1.807) is 0 Å². The first-order valence-electron chi connectivity index (χ1n) is 11.3. The Labute approximate surface area is 181 Å². The van der Waals surface area contributed by atoms with E-state index in [9.17, 15) is 9.59 Å². The molecule has 4 fully saturated rings. The molecule has 0 aromatic heterocycles. The third-order valence-electron chi connectivity index (χ3n) is 6.48. The summed E-state index contributed by atoms with van der Waals surface area (Å²) in [5.41, 5.74) is -0.661. The van der Waals surface area contributed by atoms with Crippen molar-refractivity contribution < 1.29 is 19.1 Å². The Bertz CT molecular complexity index is 649. The first-order chi connectivity index (χ1) is 13.9. The predicted octanol–water partition coefficient (Wildman–Crippen LogP) is 1.45. The normalized spacial score (nSPS) is 33.4. The first-order valence-corrected chi connectivity index (χ1v) is 11.3. The summed E-state index contributed by atoms with van der Waals surface area (Å²) in [5, 5.41) is 6.53. The van der Waals surface area contributed by atoms with Crippen molar-refractivity contribution in [2.45, 2.75) is 89.8 Å². The van der Waals surface area contributed by atoms with Gasteiger partial charge in [0.25, 0.3) is 0 Å². The molecule has 0 amide bonds. The van der Waals surface area contributed by atoms with Gasteiger partial charge in [-0.2, -0.15) is 0 Å². The summed E-state index contributed by atoms with van der Waals surface area (Å²) in [6.07, 6.45) is 4.03. The highest BCUT2D eigenvalue weighted by atomic mass is 16.6. The molecule has 4 rings (SSSR count). The highest BCUT2D eigenvalue weighted by molar-refractivity contribution is 5.75. The molecule has 8 heteroatoms. The maximum absolute atomic E-state index is 11.5. The quantitative estimate of drug-likeness (QED) is 0.566. The van der Waals surface area contributed by atoms with E-state index >= 15 is 0 Å². The Balaban J connectivity index is 0.000000171. The van der Waals surface area contributed by atoms with Crippen molar-refractivity contribution in [3.05, 3.63) is 0 Å². The minimum atomic E-state index is -0.400. The molecule has 4 aliphatic rings. The van der Waals surface area contributed by atoms with Crippen molar-refractivity contribution >= 4 is 11.9 Å². The van der Waals surface area contributed by atoms with Crippen molar-refractivity contribution in [2.24, 2.45) is 0 Å². The van der Waals surface area contributed by atoms with Crippen LogP contribution in [-0.4, -0.2) is 83.5 Å². The van der Waals surface area contributed by atoms with Gasteiger partial charge in [0.1, 0.15) is 6.54 Å². The summed E-state index contributed by atoms with van der Waals surface area (Å²) in [5.74, 6) is -0.209. The summed E-state index contributed by atoms with van der Waals surface area (Å²) < 4.78 is 11.0. The van der Waals surface area contributed by atoms with Crippen LogP contribution in [0.5, 0.6) is 0 Å². The van der Waals surface area contributed by atoms with Gasteiger partial charge in [-0.15, -0.1) is 0 Å². The lowest BCUT2D eigenvalue weighted by atomic mass is 9.95. The highest BCUT2D eigenvalue weighted by Gasteiger charge is 2.51. The lowest BCUT2D eigenvalue weighted by molar-refractivity contribution is -0.162. The molecular weight excluding hydrogens is 384 g/mol. The summed E-state index contributed by atoms with van der Waals surface area (Å²) in [4.78, 5) is 27.2. The molecule has 0 bridgehead atoms.